The van der Waals surface area contributed by atoms with Crippen LogP contribution in [0.3, 0.4) is 0 Å². The van der Waals surface area contributed by atoms with Crippen LogP contribution in [-0.4, -0.2) is 34.6 Å². The van der Waals surface area contributed by atoms with Gasteiger partial charge >= 0.3 is 0 Å². The lowest BCUT2D eigenvalue weighted by molar-refractivity contribution is -0.138. The van der Waals surface area contributed by atoms with Crippen LogP contribution in [0.5, 0.6) is 5.88 Å². The van der Waals surface area contributed by atoms with Crippen LogP contribution < -0.4 is 10.1 Å². The number of ether oxygens (including phenoxy) is 1. The molecule has 1 aromatic heterocycles. The Balaban J connectivity index is 1.38. The predicted molar refractivity (Wildman–Crippen MR) is 123 cm³/mol. The number of thioether (sulfide) groups is 1. The van der Waals surface area contributed by atoms with Crippen LogP contribution in [0.2, 0.25) is 0 Å². The Hall–Kier alpha value is -1.27. The zero-order valence-electron chi connectivity index (χ0n) is 17.4. The molecule has 1 heterocycles. The highest BCUT2D eigenvalue weighted by molar-refractivity contribution is 7.98. The first-order valence-electron chi connectivity index (χ1n) is 10.8. The van der Waals surface area contributed by atoms with Gasteiger partial charge in [0.1, 0.15) is 6.61 Å². The smallest absolute Gasteiger partial charge is 0.218 e. The maximum absolute atomic E-state index is 10.9. The summed E-state index contributed by atoms with van der Waals surface area (Å²) in [4.78, 5) is 5.99. The van der Waals surface area contributed by atoms with E-state index >= 15 is 0 Å². The Morgan fingerprint density at radius 1 is 1.30 bits per heavy atom. The van der Waals surface area contributed by atoms with Crippen LogP contribution in [0.4, 0.5) is 0 Å². The van der Waals surface area contributed by atoms with Gasteiger partial charge in [-0.2, -0.15) is 0 Å². The molecule has 1 aromatic carbocycles. The molecular weight excluding hydrogens is 416 g/mol. The van der Waals surface area contributed by atoms with E-state index in [1.807, 2.05) is 0 Å². The molecule has 4 fully saturated rings. The summed E-state index contributed by atoms with van der Waals surface area (Å²) >= 11 is 7.66. The normalized spacial score (nSPS) is 32.0. The minimum absolute atomic E-state index is 0.249. The number of hydrogen-bond acceptors (Lipinski definition) is 5. The molecule has 4 aliphatic carbocycles. The number of fused-ring (bicyclic) bond motifs is 1. The van der Waals surface area contributed by atoms with Gasteiger partial charge in [0.15, 0.2) is 0 Å². The van der Waals surface area contributed by atoms with Crippen LogP contribution in [-0.2, 0) is 6.54 Å². The zero-order valence-corrected chi connectivity index (χ0v) is 18.9. The molecule has 0 radical (unpaired) electrons. The van der Waals surface area contributed by atoms with Crippen LogP contribution >= 0.6 is 23.4 Å². The zero-order chi connectivity index (χ0) is 20.9. The summed E-state index contributed by atoms with van der Waals surface area (Å²) in [5.41, 5.74) is 1.57. The van der Waals surface area contributed by atoms with Crippen molar-refractivity contribution in [1.29, 1.82) is 0 Å². The van der Waals surface area contributed by atoms with Crippen molar-refractivity contribution >= 4 is 34.3 Å². The molecule has 0 aliphatic heterocycles. The number of hydrogen-bond donors (Lipinski definition) is 2. The molecule has 6 heteroatoms. The van der Waals surface area contributed by atoms with Crippen LogP contribution in [0.25, 0.3) is 10.9 Å². The highest BCUT2D eigenvalue weighted by Crippen LogP contribution is 2.55. The summed E-state index contributed by atoms with van der Waals surface area (Å²) in [5, 5.41) is 16.2. The number of aliphatic hydroxyl groups is 1. The van der Waals surface area contributed by atoms with Crippen LogP contribution in [0, 0.1) is 17.8 Å². The van der Waals surface area contributed by atoms with Crippen LogP contribution in [0.15, 0.2) is 40.8 Å². The fourth-order valence-electron chi connectivity index (χ4n) is 6.24. The maximum Gasteiger partial charge on any atom is 0.218 e. The minimum Gasteiger partial charge on any atom is -0.472 e. The molecule has 160 valence electrons. The predicted octanol–water partition coefficient (Wildman–Crippen LogP) is 5.12. The fourth-order valence-corrected chi connectivity index (χ4v) is 6.73. The molecule has 0 amide bonds. The molecule has 4 aliphatic rings. The van der Waals surface area contributed by atoms with E-state index in [0.717, 1.165) is 35.7 Å². The first-order chi connectivity index (χ1) is 14.4. The van der Waals surface area contributed by atoms with Gasteiger partial charge in [-0.3, -0.25) is 0 Å². The lowest BCUT2D eigenvalue weighted by Gasteiger charge is -2.58. The van der Waals surface area contributed by atoms with E-state index in [1.54, 1.807) is 11.8 Å². The van der Waals surface area contributed by atoms with Crippen molar-refractivity contribution in [2.75, 3.05) is 12.9 Å². The molecule has 3 unspecified atom stereocenters. The van der Waals surface area contributed by atoms with Crippen LogP contribution in [0.1, 0.15) is 37.7 Å². The Labute approximate surface area is 187 Å². The average molecular weight is 445 g/mol. The van der Waals surface area contributed by atoms with Gasteiger partial charge in [-0.1, -0.05) is 24.2 Å². The third-order valence-electron chi connectivity index (χ3n) is 7.20. The number of aromatic nitrogens is 1. The van der Waals surface area contributed by atoms with Crippen molar-refractivity contribution in [2.24, 2.45) is 17.8 Å². The quantitative estimate of drug-likeness (QED) is 0.580. The standard InChI is InChI=1S/C24H29ClN2O2S/c1-14(25)13-29-23-19(7-16-3-4-20(30-2)8-21(16)27-23)12-26-22-17-5-15-6-18(22)11-24(28,9-15)10-17/h3-4,7-8,15,17-18,22,26,28H,1,5-6,9-13H2,2H3/t15?,17-,18+,22?,24?. The largest absolute Gasteiger partial charge is 0.472 e. The van der Waals surface area contributed by atoms with Crippen molar-refractivity contribution in [3.05, 3.63) is 41.4 Å². The van der Waals surface area contributed by atoms with Crippen molar-refractivity contribution in [2.45, 2.75) is 55.2 Å². The molecule has 30 heavy (non-hydrogen) atoms. The summed E-state index contributed by atoms with van der Waals surface area (Å²) in [6.45, 7) is 4.69. The van der Waals surface area contributed by atoms with Crippen molar-refractivity contribution in [3.8, 4) is 5.88 Å². The second-order valence-corrected chi connectivity index (χ2v) is 10.8. The number of rotatable bonds is 7. The minimum atomic E-state index is -0.400. The first-order valence-corrected chi connectivity index (χ1v) is 12.4. The van der Waals surface area contributed by atoms with E-state index in [1.165, 1.54) is 17.7 Å². The summed E-state index contributed by atoms with van der Waals surface area (Å²) in [6.07, 6.45) is 7.47. The Bertz CT molecular complexity index is 965. The van der Waals surface area contributed by atoms with Gasteiger partial charge in [-0.15, -0.1) is 11.8 Å². The average Bonchev–Trinajstić information content (AvgIpc) is 2.69. The van der Waals surface area contributed by atoms with Gasteiger partial charge in [-0.25, -0.2) is 4.98 Å². The van der Waals surface area contributed by atoms with Gasteiger partial charge in [0.25, 0.3) is 0 Å². The molecule has 0 spiro atoms. The molecule has 6 rings (SSSR count). The summed E-state index contributed by atoms with van der Waals surface area (Å²) in [6, 6.07) is 8.99. The van der Waals surface area contributed by atoms with E-state index in [4.69, 9.17) is 21.3 Å². The first kappa shape index (κ1) is 20.6. The number of pyridine rings is 1. The number of nitrogens with zero attached hydrogens (tertiary/aromatic N) is 1. The SMILES string of the molecule is C=C(Cl)COc1nc2cc(SC)ccc2cc1CNC1[C@@H]2CC3C[C@H]1CC(O)(C3)C2. The second kappa shape index (κ2) is 8.01. The van der Waals surface area contributed by atoms with E-state index in [-0.39, 0.29) is 6.61 Å². The molecule has 2 N–H and O–H groups in total. The Morgan fingerprint density at radius 2 is 2.07 bits per heavy atom. The monoisotopic (exact) mass is 444 g/mol. The molecule has 4 saturated carbocycles. The molecule has 4 nitrogen and oxygen atoms in total. The fraction of sp³-hybridized carbons (Fsp3) is 0.542. The number of nitrogens with one attached hydrogen (secondary N) is 1. The van der Waals surface area contributed by atoms with Gasteiger partial charge < -0.3 is 15.2 Å². The highest BCUT2D eigenvalue weighted by atomic mass is 35.5. The van der Waals surface area contributed by atoms with Crippen molar-refractivity contribution in [3.63, 3.8) is 0 Å². The van der Waals surface area contributed by atoms with Gasteiger partial charge in [0.05, 0.1) is 11.1 Å². The molecule has 4 bridgehead atoms. The highest BCUT2D eigenvalue weighted by Gasteiger charge is 2.54. The molecular formula is C24H29ClN2O2S. The lowest BCUT2D eigenvalue weighted by Crippen LogP contribution is -2.60. The molecule has 2 aromatic rings. The van der Waals surface area contributed by atoms with Gasteiger partial charge in [0.2, 0.25) is 5.88 Å². The van der Waals surface area contributed by atoms with E-state index in [9.17, 15) is 5.11 Å². The number of benzene rings is 1. The molecule has 0 saturated heterocycles. The summed E-state index contributed by atoms with van der Waals surface area (Å²) < 4.78 is 5.92. The van der Waals surface area contributed by atoms with Gasteiger partial charge in [0, 0.05) is 33.5 Å². The third kappa shape index (κ3) is 3.97. The Morgan fingerprint density at radius 3 is 2.73 bits per heavy atom. The van der Waals surface area contributed by atoms with E-state index < -0.39 is 5.60 Å². The van der Waals surface area contributed by atoms with Crippen molar-refractivity contribution < 1.29 is 9.84 Å². The van der Waals surface area contributed by atoms with Crippen molar-refractivity contribution in [1.82, 2.24) is 10.3 Å². The second-order valence-electron chi connectivity index (χ2n) is 9.42. The summed E-state index contributed by atoms with van der Waals surface area (Å²) in [5.74, 6) is 2.49. The third-order valence-corrected chi connectivity index (χ3v) is 8.03. The topological polar surface area (TPSA) is 54.4 Å². The van der Waals surface area contributed by atoms with Gasteiger partial charge in [-0.05, 0) is 74.3 Å². The summed E-state index contributed by atoms with van der Waals surface area (Å²) in [7, 11) is 0. The van der Waals surface area contributed by atoms with E-state index in [0.29, 0.717) is 41.3 Å². The van der Waals surface area contributed by atoms with E-state index in [2.05, 4.69) is 42.4 Å². The Kier molecular flexibility index (Phi) is 5.51. The molecule has 5 atom stereocenters. The number of halogens is 1. The lowest BCUT2D eigenvalue weighted by atomic mass is 9.52. The maximum atomic E-state index is 10.9.